The molecule has 0 aromatic carbocycles. The van der Waals surface area contributed by atoms with Crippen LogP contribution in [0.4, 0.5) is 0 Å². The summed E-state index contributed by atoms with van der Waals surface area (Å²) in [5.41, 5.74) is 0. The second-order valence-electron chi connectivity index (χ2n) is 4.46. The average Bonchev–Trinajstić information content (AvgIpc) is 2.28. The zero-order chi connectivity index (χ0) is 10.9. The maximum absolute atomic E-state index is 5.74. The molecule has 15 heavy (non-hydrogen) atoms. The van der Waals surface area contributed by atoms with Crippen molar-refractivity contribution in [3.63, 3.8) is 0 Å². The predicted octanol–water partition coefficient (Wildman–Crippen LogP) is 1.82. The van der Waals surface area contributed by atoms with Gasteiger partial charge in [0.05, 0.1) is 6.10 Å². The molecule has 1 heterocycles. The van der Waals surface area contributed by atoms with Gasteiger partial charge >= 0.3 is 0 Å². The number of methoxy groups -OCH3 is 1. The highest BCUT2D eigenvalue weighted by Gasteiger charge is 2.12. The molecule has 0 amide bonds. The van der Waals surface area contributed by atoms with Crippen LogP contribution in [0, 0.1) is 5.92 Å². The van der Waals surface area contributed by atoms with Crippen molar-refractivity contribution in [1.29, 1.82) is 0 Å². The van der Waals surface area contributed by atoms with Gasteiger partial charge in [0, 0.05) is 20.3 Å². The Balaban J connectivity index is 1.94. The van der Waals surface area contributed by atoms with Crippen LogP contribution in [-0.2, 0) is 9.47 Å². The Morgan fingerprint density at radius 2 is 2.27 bits per heavy atom. The van der Waals surface area contributed by atoms with Gasteiger partial charge in [-0.3, -0.25) is 0 Å². The third kappa shape index (κ3) is 6.13. The van der Waals surface area contributed by atoms with E-state index in [9.17, 15) is 0 Å². The van der Waals surface area contributed by atoms with Gasteiger partial charge in [0.1, 0.15) is 0 Å². The zero-order valence-corrected chi connectivity index (χ0v) is 10.1. The Hall–Kier alpha value is -0.120. The quantitative estimate of drug-likeness (QED) is 0.702. The largest absolute Gasteiger partial charge is 0.385 e. The fraction of sp³-hybridized carbons (Fsp3) is 1.00. The third-order valence-electron chi connectivity index (χ3n) is 3.06. The van der Waals surface area contributed by atoms with E-state index in [0.29, 0.717) is 6.10 Å². The topological polar surface area (TPSA) is 30.5 Å². The van der Waals surface area contributed by atoms with Gasteiger partial charge in [-0.25, -0.2) is 0 Å². The minimum atomic E-state index is 0.335. The second-order valence-corrected chi connectivity index (χ2v) is 4.46. The summed E-state index contributed by atoms with van der Waals surface area (Å²) in [6.07, 6.45) is 5.22. The first-order chi connectivity index (χ1) is 7.33. The first-order valence-electron chi connectivity index (χ1n) is 6.14. The van der Waals surface area contributed by atoms with Gasteiger partial charge < -0.3 is 14.8 Å². The lowest BCUT2D eigenvalue weighted by Gasteiger charge is -2.23. The van der Waals surface area contributed by atoms with Crippen LogP contribution in [0.3, 0.4) is 0 Å². The molecule has 0 bridgehead atoms. The molecule has 0 aromatic heterocycles. The van der Waals surface area contributed by atoms with Gasteiger partial charge in [0.15, 0.2) is 0 Å². The molecule has 90 valence electrons. The highest BCUT2D eigenvalue weighted by Crippen LogP contribution is 2.14. The molecule has 0 aromatic rings. The summed E-state index contributed by atoms with van der Waals surface area (Å²) in [7, 11) is 1.74. The van der Waals surface area contributed by atoms with Crippen LogP contribution in [0.1, 0.15) is 32.6 Å². The van der Waals surface area contributed by atoms with Gasteiger partial charge in [-0.05, 0) is 51.6 Å². The third-order valence-corrected chi connectivity index (χ3v) is 3.06. The molecule has 1 saturated heterocycles. The van der Waals surface area contributed by atoms with Crippen LogP contribution in [0.5, 0.6) is 0 Å². The van der Waals surface area contributed by atoms with E-state index in [2.05, 4.69) is 12.2 Å². The van der Waals surface area contributed by atoms with Crippen molar-refractivity contribution in [2.45, 2.75) is 38.7 Å². The molecule has 2 unspecified atom stereocenters. The summed E-state index contributed by atoms with van der Waals surface area (Å²) < 4.78 is 10.8. The fourth-order valence-corrected chi connectivity index (χ4v) is 1.97. The average molecular weight is 215 g/mol. The van der Waals surface area contributed by atoms with Crippen molar-refractivity contribution < 1.29 is 9.47 Å². The van der Waals surface area contributed by atoms with Crippen molar-refractivity contribution in [2.75, 3.05) is 33.4 Å². The first kappa shape index (κ1) is 12.9. The van der Waals surface area contributed by atoms with Gasteiger partial charge in [0.2, 0.25) is 0 Å². The van der Waals surface area contributed by atoms with Gasteiger partial charge in [-0.2, -0.15) is 0 Å². The maximum Gasteiger partial charge on any atom is 0.0568 e. The van der Waals surface area contributed by atoms with E-state index < -0.39 is 0 Å². The van der Waals surface area contributed by atoms with Crippen LogP contribution in [0.25, 0.3) is 0 Å². The lowest BCUT2D eigenvalue weighted by atomic mass is 9.97. The molecule has 1 N–H and O–H groups in total. The summed E-state index contributed by atoms with van der Waals surface area (Å²) in [5, 5.41) is 3.43. The molecule has 2 atom stereocenters. The summed E-state index contributed by atoms with van der Waals surface area (Å²) in [5.74, 6) is 0.827. The molecule has 0 aliphatic carbocycles. The van der Waals surface area contributed by atoms with E-state index in [0.717, 1.165) is 25.6 Å². The summed E-state index contributed by atoms with van der Waals surface area (Å²) >= 11 is 0. The molecule has 0 saturated carbocycles. The van der Waals surface area contributed by atoms with Gasteiger partial charge in [0.25, 0.3) is 0 Å². The molecule has 0 radical (unpaired) electrons. The van der Waals surface area contributed by atoms with Crippen molar-refractivity contribution in [3.8, 4) is 0 Å². The normalized spacial score (nSPS) is 24.0. The Labute approximate surface area is 93.5 Å². The van der Waals surface area contributed by atoms with E-state index in [1.54, 1.807) is 7.11 Å². The number of rotatable bonds is 7. The molecule has 3 heteroatoms. The molecule has 1 aliphatic rings. The van der Waals surface area contributed by atoms with Gasteiger partial charge in [-0.1, -0.05) is 0 Å². The summed E-state index contributed by atoms with van der Waals surface area (Å²) in [6.45, 7) is 6.19. The Bertz CT molecular complexity index is 147. The van der Waals surface area contributed by atoms with E-state index in [4.69, 9.17) is 9.47 Å². The van der Waals surface area contributed by atoms with Crippen LogP contribution < -0.4 is 5.32 Å². The second kappa shape index (κ2) is 8.08. The smallest absolute Gasteiger partial charge is 0.0568 e. The van der Waals surface area contributed by atoms with Crippen molar-refractivity contribution in [2.24, 2.45) is 5.92 Å². The first-order valence-corrected chi connectivity index (χ1v) is 6.14. The Kier molecular flexibility index (Phi) is 6.98. The summed E-state index contributed by atoms with van der Waals surface area (Å²) in [4.78, 5) is 0. The zero-order valence-electron chi connectivity index (χ0n) is 10.1. The van der Waals surface area contributed by atoms with E-state index in [-0.39, 0.29) is 0 Å². The number of hydrogen-bond donors (Lipinski definition) is 1. The molecule has 1 fully saturated rings. The molecule has 3 nitrogen and oxygen atoms in total. The van der Waals surface area contributed by atoms with Gasteiger partial charge in [-0.15, -0.1) is 0 Å². The lowest BCUT2D eigenvalue weighted by Crippen LogP contribution is -2.30. The standard InChI is InChI=1S/C12H25NO2/c1-11(5-8-14-2)15-9-6-12-4-3-7-13-10-12/h11-13H,3-10H2,1-2H3. The minimum absolute atomic E-state index is 0.335. The maximum atomic E-state index is 5.74. The highest BCUT2D eigenvalue weighted by atomic mass is 16.5. The Morgan fingerprint density at radius 3 is 2.93 bits per heavy atom. The number of piperidine rings is 1. The minimum Gasteiger partial charge on any atom is -0.385 e. The van der Waals surface area contributed by atoms with Crippen molar-refractivity contribution >= 4 is 0 Å². The monoisotopic (exact) mass is 215 g/mol. The molecular formula is C12H25NO2. The lowest BCUT2D eigenvalue weighted by molar-refractivity contribution is 0.0324. The summed E-state index contributed by atoms with van der Waals surface area (Å²) in [6, 6.07) is 0. The van der Waals surface area contributed by atoms with E-state index in [1.807, 2.05) is 0 Å². The van der Waals surface area contributed by atoms with Crippen LogP contribution in [0.15, 0.2) is 0 Å². The highest BCUT2D eigenvalue weighted by molar-refractivity contribution is 4.68. The van der Waals surface area contributed by atoms with Crippen molar-refractivity contribution in [1.82, 2.24) is 5.32 Å². The predicted molar refractivity (Wildman–Crippen MR) is 62.1 cm³/mol. The van der Waals surface area contributed by atoms with Crippen LogP contribution in [0.2, 0.25) is 0 Å². The number of nitrogens with one attached hydrogen (secondary N) is 1. The molecule has 0 spiro atoms. The Morgan fingerprint density at radius 1 is 1.40 bits per heavy atom. The number of hydrogen-bond acceptors (Lipinski definition) is 3. The fourth-order valence-electron chi connectivity index (χ4n) is 1.97. The molecule has 1 rings (SSSR count). The number of ether oxygens (including phenoxy) is 2. The van der Waals surface area contributed by atoms with Crippen molar-refractivity contribution in [3.05, 3.63) is 0 Å². The molecular weight excluding hydrogens is 190 g/mol. The van der Waals surface area contributed by atoms with Crippen LogP contribution in [-0.4, -0.2) is 39.5 Å². The molecule has 1 aliphatic heterocycles. The van der Waals surface area contributed by atoms with E-state index >= 15 is 0 Å². The van der Waals surface area contributed by atoms with Crippen LogP contribution >= 0.6 is 0 Å². The SMILES string of the molecule is COCCC(C)OCCC1CCCNC1. The van der Waals surface area contributed by atoms with E-state index in [1.165, 1.54) is 32.4 Å².